The van der Waals surface area contributed by atoms with E-state index in [4.69, 9.17) is 28.3 Å². The average Bonchev–Trinajstić information content (AvgIpc) is 2.32. The summed E-state index contributed by atoms with van der Waals surface area (Å²) in [6, 6.07) is 3.00. The highest BCUT2D eigenvalue weighted by atomic mass is 35.5. The van der Waals surface area contributed by atoms with Crippen LogP contribution in [-0.4, -0.2) is 41.1 Å². The van der Waals surface area contributed by atoms with Crippen molar-refractivity contribution in [3.05, 3.63) is 28.0 Å². The van der Waals surface area contributed by atoms with Crippen LogP contribution in [0.5, 0.6) is 0 Å². The van der Waals surface area contributed by atoms with Gasteiger partial charge in [-0.2, -0.15) is 0 Å². The van der Waals surface area contributed by atoms with Gasteiger partial charge in [0.05, 0.1) is 0 Å². The van der Waals surface area contributed by atoms with Crippen molar-refractivity contribution in [2.24, 2.45) is 0 Å². The molecule has 0 bridgehead atoms. The summed E-state index contributed by atoms with van der Waals surface area (Å²) in [6.07, 6.45) is 2.51. The first kappa shape index (κ1) is 15.2. The Morgan fingerprint density at radius 1 is 1.28 bits per heavy atom. The molecule has 0 aromatic carbocycles. The van der Waals surface area contributed by atoms with E-state index in [-0.39, 0.29) is 22.8 Å². The van der Waals surface area contributed by atoms with E-state index in [1.54, 1.807) is 11.9 Å². The Morgan fingerprint density at radius 3 is 2.44 bits per heavy atom. The van der Waals surface area contributed by atoms with Gasteiger partial charge in [-0.3, -0.25) is 4.79 Å². The lowest BCUT2D eigenvalue weighted by molar-refractivity contribution is 0.0792. The maximum absolute atomic E-state index is 12.0. The highest BCUT2D eigenvalue weighted by molar-refractivity contribution is 6.33. The van der Waals surface area contributed by atoms with Gasteiger partial charge in [0.2, 0.25) is 0 Å². The van der Waals surface area contributed by atoms with Gasteiger partial charge in [0, 0.05) is 25.8 Å². The zero-order valence-electron chi connectivity index (χ0n) is 10.2. The van der Waals surface area contributed by atoms with E-state index >= 15 is 0 Å². The summed E-state index contributed by atoms with van der Waals surface area (Å²) >= 11 is 11.5. The number of unbranched alkanes of at least 4 members (excludes halogenated alkanes) is 2. The molecule has 0 spiro atoms. The number of nitrogens with zero attached hydrogens (tertiary/aromatic N) is 2. The van der Waals surface area contributed by atoms with Crippen LogP contribution in [-0.2, 0) is 0 Å². The van der Waals surface area contributed by atoms with Crippen LogP contribution in [0, 0.1) is 0 Å². The van der Waals surface area contributed by atoms with Crippen LogP contribution in [0.1, 0.15) is 29.6 Å². The van der Waals surface area contributed by atoms with Crippen molar-refractivity contribution >= 4 is 29.1 Å². The number of hydrogen-bond donors (Lipinski definition) is 1. The number of pyridine rings is 1. The molecule has 0 aliphatic heterocycles. The van der Waals surface area contributed by atoms with Crippen LogP contribution < -0.4 is 0 Å². The van der Waals surface area contributed by atoms with Crippen molar-refractivity contribution in [1.29, 1.82) is 0 Å². The number of rotatable bonds is 6. The van der Waals surface area contributed by atoms with Gasteiger partial charge in [-0.15, -0.1) is 0 Å². The zero-order valence-corrected chi connectivity index (χ0v) is 11.7. The molecule has 0 aliphatic carbocycles. The molecule has 0 aliphatic rings. The Bertz CT molecular complexity index is 393. The van der Waals surface area contributed by atoms with E-state index in [2.05, 4.69) is 4.98 Å². The van der Waals surface area contributed by atoms with Gasteiger partial charge in [0.25, 0.3) is 5.91 Å². The van der Waals surface area contributed by atoms with E-state index < -0.39 is 0 Å². The fourth-order valence-corrected chi connectivity index (χ4v) is 2.01. The zero-order chi connectivity index (χ0) is 13.5. The quantitative estimate of drug-likeness (QED) is 0.647. The Labute approximate surface area is 117 Å². The minimum Gasteiger partial charge on any atom is -0.396 e. The number of halogens is 2. The van der Waals surface area contributed by atoms with Crippen molar-refractivity contribution in [3.63, 3.8) is 0 Å². The first-order valence-corrected chi connectivity index (χ1v) is 6.49. The molecule has 1 heterocycles. The lowest BCUT2D eigenvalue weighted by Crippen LogP contribution is -2.27. The van der Waals surface area contributed by atoms with E-state index in [0.29, 0.717) is 12.1 Å². The van der Waals surface area contributed by atoms with Gasteiger partial charge in [0.1, 0.15) is 10.3 Å². The molecule has 4 nitrogen and oxygen atoms in total. The number of aliphatic hydroxyl groups is 1. The molecular formula is C12H16Cl2N2O2. The van der Waals surface area contributed by atoms with E-state index in [1.807, 2.05) is 0 Å². The summed E-state index contributed by atoms with van der Waals surface area (Å²) < 4.78 is 0. The smallest absolute Gasteiger partial charge is 0.253 e. The molecule has 1 N–H and O–H groups in total. The third-order valence-corrected chi connectivity index (χ3v) is 2.90. The third kappa shape index (κ3) is 4.80. The summed E-state index contributed by atoms with van der Waals surface area (Å²) in [7, 11) is 1.73. The second-order valence-electron chi connectivity index (χ2n) is 4.01. The Balaban J connectivity index is 2.57. The number of carbonyl (C=O) groups excluding carboxylic acids is 1. The van der Waals surface area contributed by atoms with Crippen LogP contribution in [0.25, 0.3) is 0 Å². The highest BCUT2D eigenvalue weighted by Gasteiger charge is 2.13. The number of hydrogen-bond acceptors (Lipinski definition) is 3. The normalized spacial score (nSPS) is 10.4. The molecular weight excluding hydrogens is 275 g/mol. The molecule has 0 atom stereocenters. The van der Waals surface area contributed by atoms with Crippen LogP contribution in [0.4, 0.5) is 0 Å². The minimum atomic E-state index is -0.134. The molecule has 0 saturated carbocycles. The maximum Gasteiger partial charge on any atom is 0.253 e. The van der Waals surface area contributed by atoms with Crippen LogP contribution in [0.2, 0.25) is 10.3 Å². The molecule has 18 heavy (non-hydrogen) atoms. The molecule has 0 unspecified atom stereocenters. The predicted octanol–water partition coefficient (Wildman–Crippen LogP) is 2.62. The average molecular weight is 291 g/mol. The van der Waals surface area contributed by atoms with Gasteiger partial charge >= 0.3 is 0 Å². The van der Waals surface area contributed by atoms with E-state index in [1.165, 1.54) is 12.1 Å². The number of aromatic nitrogens is 1. The van der Waals surface area contributed by atoms with Gasteiger partial charge in [-0.05, 0) is 31.4 Å². The standard InChI is InChI=1S/C12H16Cl2N2O2/c1-16(5-3-2-4-6-17)12(18)9-7-10(13)15-11(14)8-9/h7-8,17H,2-6H2,1H3. The van der Waals surface area contributed by atoms with Crippen LogP contribution >= 0.6 is 23.2 Å². The fraction of sp³-hybridized carbons (Fsp3) is 0.500. The maximum atomic E-state index is 12.0. The monoisotopic (exact) mass is 290 g/mol. The lowest BCUT2D eigenvalue weighted by Gasteiger charge is -2.17. The number of amides is 1. The Kier molecular flexibility index (Phi) is 6.39. The second kappa shape index (κ2) is 7.56. The first-order chi connectivity index (χ1) is 8.54. The molecule has 100 valence electrons. The van der Waals surface area contributed by atoms with Crippen LogP contribution in [0.3, 0.4) is 0 Å². The van der Waals surface area contributed by atoms with E-state index in [9.17, 15) is 4.79 Å². The molecule has 1 aromatic rings. The lowest BCUT2D eigenvalue weighted by atomic mass is 10.2. The van der Waals surface area contributed by atoms with Crippen molar-refractivity contribution in [2.75, 3.05) is 20.2 Å². The van der Waals surface area contributed by atoms with Crippen LogP contribution in [0.15, 0.2) is 12.1 Å². The van der Waals surface area contributed by atoms with Gasteiger partial charge in [0.15, 0.2) is 0 Å². The van der Waals surface area contributed by atoms with Crippen molar-refractivity contribution in [2.45, 2.75) is 19.3 Å². The van der Waals surface area contributed by atoms with Crippen molar-refractivity contribution < 1.29 is 9.90 Å². The number of aliphatic hydroxyl groups excluding tert-OH is 1. The molecule has 0 radical (unpaired) electrons. The number of carbonyl (C=O) groups is 1. The fourth-order valence-electron chi connectivity index (χ4n) is 1.55. The summed E-state index contributed by atoms with van der Waals surface area (Å²) in [5, 5.41) is 9.08. The second-order valence-corrected chi connectivity index (χ2v) is 4.79. The Morgan fingerprint density at radius 2 is 1.89 bits per heavy atom. The van der Waals surface area contributed by atoms with Gasteiger partial charge in [-0.1, -0.05) is 23.2 Å². The molecule has 1 rings (SSSR count). The summed E-state index contributed by atoms with van der Waals surface area (Å²) in [5.41, 5.74) is 0.435. The molecule has 1 aromatic heterocycles. The molecule has 6 heteroatoms. The molecule has 0 fully saturated rings. The SMILES string of the molecule is CN(CCCCCO)C(=O)c1cc(Cl)nc(Cl)c1. The molecule has 0 saturated heterocycles. The highest BCUT2D eigenvalue weighted by Crippen LogP contribution is 2.16. The summed E-state index contributed by atoms with van der Waals surface area (Å²) in [6.45, 7) is 0.823. The predicted molar refractivity (Wildman–Crippen MR) is 72.2 cm³/mol. The molecule has 1 amide bonds. The minimum absolute atomic E-state index is 0.134. The van der Waals surface area contributed by atoms with E-state index in [0.717, 1.165) is 19.3 Å². The first-order valence-electron chi connectivity index (χ1n) is 5.74. The largest absolute Gasteiger partial charge is 0.396 e. The van der Waals surface area contributed by atoms with Crippen molar-refractivity contribution in [1.82, 2.24) is 9.88 Å². The summed E-state index contributed by atoms with van der Waals surface area (Å²) in [4.78, 5) is 17.4. The van der Waals surface area contributed by atoms with Gasteiger partial charge in [-0.25, -0.2) is 4.98 Å². The topological polar surface area (TPSA) is 53.4 Å². The summed E-state index contributed by atoms with van der Waals surface area (Å²) in [5.74, 6) is -0.134. The van der Waals surface area contributed by atoms with Gasteiger partial charge < -0.3 is 10.0 Å². The Hall–Kier alpha value is -0.840. The third-order valence-electron chi connectivity index (χ3n) is 2.51. The van der Waals surface area contributed by atoms with Crippen molar-refractivity contribution in [3.8, 4) is 0 Å².